The zero-order valence-corrected chi connectivity index (χ0v) is 10.8. The van der Waals surface area contributed by atoms with Gasteiger partial charge in [0.05, 0.1) is 23.9 Å². The molecule has 0 bridgehead atoms. The van der Waals surface area contributed by atoms with Gasteiger partial charge in [-0.2, -0.15) is 0 Å². The van der Waals surface area contributed by atoms with E-state index in [9.17, 15) is 4.79 Å². The number of benzene rings is 1. The van der Waals surface area contributed by atoms with Gasteiger partial charge in [0.1, 0.15) is 5.75 Å². The lowest BCUT2D eigenvalue weighted by atomic mass is 10.0. The molecule has 1 aromatic carbocycles. The number of nitrogens with one attached hydrogen (secondary N) is 1. The van der Waals surface area contributed by atoms with Crippen LogP contribution in [0.25, 0.3) is 10.9 Å². The number of H-pyrrole nitrogens is 1. The summed E-state index contributed by atoms with van der Waals surface area (Å²) in [4.78, 5) is 19.2. The molecule has 0 saturated heterocycles. The minimum atomic E-state index is 0.112. The fraction of sp³-hybridized carbons (Fsp3) is 0.286. The summed E-state index contributed by atoms with van der Waals surface area (Å²) in [6.07, 6.45) is 2.15. The molecule has 0 aliphatic heterocycles. The fourth-order valence-corrected chi connectivity index (χ4v) is 2.03. The van der Waals surface area contributed by atoms with Gasteiger partial charge in [-0.3, -0.25) is 9.79 Å². The zero-order chi connectivity index (χ0) is 13.1. The number of aromatic amines is 1. The highest BCUT2D eigenvalue weighted by molar-refractivity contribution is 6.13. The number of aliphatic imine (C=N–C) groups is 1. The van der Waals surface area contributed by atoms with E-state index in [0.717, 1.165) is 22.3 Å². The summed E-state index contributed by atoms with van der Waals surface area (Å²) in [5, 5.41) is 0.914. The van der Waals surface area contributed by atoms with Crippen molar-refractivity contribution in [2.24, 2.45) is 4.99 Å². The van der Waals surface area contributed by atoms with E-state index in [4.69, 9.17) is 4.74 Å². The molecule has 0 spiro atoms. The van der Waals surface area contributed by atoms with Crippen LogP contribution in [0.2, 0.25) is 0 Å². The highest BCUT2D eigenvalue weighted by Crippen LogP contribution is 2.26. The van der Waals surface area contributed by atoms with E-state index in [2.05, 4.69) is 9.98 Å². The maximum Gasteiger partial charge on any atom is 0.165 e. The standard InChI is InChI=1S/C14H16N2O2/c1-4-13(17)14-10-6-5-9(18-3)7-11(10)16-12(14)8-15-2/h5-8,16H,4H2,1-3H3. The molecular weight excluding hydrogens is 228 g/mol. The molecule has 0 fully saturated rings. The number of Topliss-reactive ketones (excluding diaryl/α,β-unsaturated/α-hetero) is 1. The molecule has 0 amide bonds. The van der Waals surface area contributed by atoms with Gasteiger partial charge in [-0.25, -0.2) is 0 Å². The summed E-state index contributed by atoms with van der Waals surface area (Å²) < 4.78 is 5.18. The molecule has 94 valence electrons. The average molecular weight is 244 g/mol. The number of nitrogens with zero attached hydrogens (tertiary/aromatic N) is 1. The van der Waals surface area contributed by atoms with Gasteiger partial charge in [-0.05, 0) is 12.1 Å². The molecule has 4 heteroatoms. The van der Waals surface area contributed by atoms with Crippen LogP contribution in [0.3, 0.4) is 0 Å². The maximum atomic E-state index is 12.0. The van der Waals surface area contributed by atoms with Gasteiger partial charge >= 0.3 is 0 Å². The second-order valence-corrected chi connectivity index (χ2v) is 3.99. The number of hydrogen-bond donors (Lipinski definition) is 1. The van der Waals surface area contributed by atoms with Crippen LogP contribution in [0, 0.1) is 0 Å². The van der Waals surface area contributed by atoms with Crippen LogP contribution in [0.5, 0.6) is 5.75 Å². The van der Waals surface area contributed by atoms with Crippen molar-refractivity contribution in [3.8, 4) is 5.75 Å². The van der Waals surface area contributed by atoms with E-state index in [0.29, 0.717) is 12.0 Å². The summed E-state index contributed by atoms with van der Waals surface area (Å²) in [6, 6.07) is 5.64. The van der Waals surface area contributed by atoms with Gasteiger partial charge in [0.2, 0.25) is 0 Å². The number of carbonyl (C=O) groups excluding carboxylic acids is 1. The van der Waals surface area contributed by atoms with E-state index >= 15 is 0 Å². The lowest BCUT2D eigenvalue weighted by Crippen LogP contribution is -2.00. The largest absolute Gasteiger partial charge is 0.497 e. The fourth-order valence-electron chi connectivity index (χ4n) is 2.03. The highest BCUT2D eigenvalue weighted by Gasteiger charge is 2.16. The molecule has 1 aromatic heterocycles. The Balaban J connectivity index is 2.71. The second kappa shape index (κ2) is 5.04. The minimum Gasteiger partial charge on any atom is -0.497 e. The van der Waals surface area contributed by atoms with E-state index in [1.807, 2.05) is 25.1 Å². The number of fused-ring (bicyclic) bond motifs is 1. The van der Waals surface area contributed by atoms with Gasteiger partial charge in [-0.1, -0.05) is 6.92 Å². The van der Waals surface area contributed by atoms with Gasteiger partial charge in [-0.15, -0.1) is 0 Å². The molecule has 0 saturated carbocycles. The average Bonchev–Trinajstić information content (AvgIpc) is 2.75. The zero-order valence-electron chi connectivity index (χ0n) is 10.8. The summed E-state index contributed by atoms with van der Waals surface area (Å²) in [7, 11) is 3.31. The third-order valence-electron chi connectivity index (χ3n) is 2.89. The van der Waals surface area contributed by atoms with Crippen LogP contribution >= 0.6 is 0 Å². The van der Waals surface area contributed by atoms with Crippen molar-refractivity contribution < 1.29 is 9.53 Å². The van der Waals surface area contributed by atoms with E-state index < -0.39 is 0 Å². The topological polar surface area (TPSA) is 54.5 Å². The van der Waals surface area contributed by atoms with Gasteiger partial charge in [0.15, 0.2) is 5.78 Å². The molecule has 1 N–H and O–H groups in total. The number of carbonyl (C=O) groups is 1. The molecule has 0 aliphatic carbocycles. The van der Waals surface area contributed by atoms with Crippen LogP contribution in [0.4, 0.5) is 0 Å². The molecule has 0 aliphatic rings. The predicted octanol–water partition coefficient (Wildman–Crippen LogP) is 2.82. The molecular formula is C14H16N2O2. The monoisotopic (exact) mass is 244 g/mol. The molecule has 4 nitrogen and oxygen atoms in total. The smallest absolute Gasteiger partial charge is 0.165 e. The third-order valence-corrected chi connectivity index (χ3v) is 2.89. The first-order valence-corrected chi connectivity index (χ1v) is 5.86. The number of aromatic nitrogens is 1. The molecule has 0 atom stereocenters. The highest BCUT2D eigenvalue weighted by atomic mass is 16.5. The van der Waals surface area contributed by atoms with Crippen LogP contribution < -0.4 is 4.74 Å². The molecule has 0 unspecified atom stereocenters. The molecule has 0 radical (unpaired) electrons. The van der Waals surface area contributed by atoms with Crippen molar-refractivity contribution in [2.75, 3.05) is 14.2 Å². The normalized spacial score (nSPS) is 11.3. The lowest BCUT2D eigenvalue weighted by molar-refractivity contribution is 0.0989. The van der Waals surface area contributed by atoms with Gasteiger partial charge < -0.3 is 9.72 Å². The summed E-state index contributed by atoms with van der Waals surface area (Å²) in [6.45, 7) is 1.86. The third kappa shape index (κ3) is 2.01. The maximum absolute atomic E-state index is 12.0. The Bertz CT molecular complexity index is 612. The first kappa shape index (κ1) is 12.4. The van der Waals surface area contributed by atoms with Gasteiger partial charge in [0.25, 0.3) is 0 Å². The number of methoxy groups -OCH3 is 1. The summed E-state index contributed by atoms with van der Waals surface area (Å²) in [5.41, 5.74) is 2.36. The van der Waals surface area contributed by atoms with Crippen LogP contribution in [0.15, 0.2) is 23.2 Å². The molecule has 2 aromatic rings. The summed E-state index contributed by atoms with van der Waals surface area (Å²) in [5.74, 6) is 0.876. The molecule has 2 rings (SSSR count). The Hall–Kier alpha value is -2.10. The SMILES string of the molecule is CCC(=O)c1c(C=NC)[nH]c2cc(OC)ccc12. The van der Waals surface area contributed by atoms with E-state index in [1.54, 1.807) is 20.4 Å². The number of ketones is 1. The van der Waals surface area contributed by atoms with E-state index in [-0.39, 0.29) is 5.78 Å². The second-order valence-electron chi connectivity index (χ2n) is 3.99. The van der Waals surface area contributed by atoms with Crippen molar-refractivity contribution in [3.63, 3.8) is 0 Å². The Labute approximate surface area is 106 Å². The Morgan fingerprint density at radius 1 is 1.50 bits per heavy atom. The summed E-state index contributed by atoms with van der Waals surface area (Å²) >= 11 is 0. The quantitative estimate of drug-likeness (QED) is 0.664. The minimum absolute atomic E-state index is 0.112. The van der Waals surface area contributed by atoms with Crippen molar-refractivity contribution in [2.45, 2.75) is 13.3 Å². The van der Waals surface area contributed by atoms with E-state index in [1.165, 1.54) is 0 Å². The number of ether oxygens (including phenoxy) is 1. The Morgan fingerprint density at radius 2 is 2.28 bits per heavy atom. The number of rotatable bonds is 4. The first-order valence-electron chi connectivity index (χ1n) is 5.86. The van der Waals surface area contributed by atoms with Gasteiger partial charge in [0, 0.05) is 31.1 Å². The first-order chi connectivity index (χ1) is 8.71. The van der Waals surface area contributed by atoms with Crippen molar-refractivity contribution in [1.29, 1.82) is 0 Å². The van der Waals surface area contributed by atoms with Crippen LogP contribution in [0.1, 0.15) is 29.4 Å². The van der Waals surface area contributed by atoms with Crippen molar-refractivity contribution in [1.82, 2.24) is 4.98 Å². The predicted molar refractivity (Wildman–Crippen MR) is 73.0 cm³/mol. The van der Waals surface area contributed by atoms with Crippen molar-refractivity contribution >= 4 is 22.9 Å². The van der Waals surface area contributed by atoms with Crippen LogP contribution in [-0.4, -0.2) is 31.1 Å². The molecule has 1 heterocycles. The number of hydrogen-bond acceptors (Lipinski definition) is 3. The molecule has 18 heavy (non-hydrogen) atoms. The van der Waals surface area contributed by atoms with Crippen LogP contribution in [-0.2, 0) is 0 Å². The lowest BCUT2D eigenvalue weighted by Gasteiger charge is -2.00. The van der Waals surface area contributed by atoms with Crippen molar-refractivity contribution in [3.05, 3.63) is 29.5 Å². The Kier molecular flexibility index (Phi) is 3.46. The Morgan fingerprint density at radius 3 is 2.89 bits per heavy atom.